The lowest BCUT2D eigenvalue weighted by atomic mass is 10.0. The number of aromatic amines is 1. The number of fused-ring (bicyclic) bond motifs is 1. The molecular formula is C21H26N4O. The van der Waals surface area contributed by atoms with Gasteiger partial charge in [0.1, 0.15) is 5.82 Å². The van der Waals surface area contributed by atoms with Crippen LogP contribution in [0.15, 0.2) is 30.5 Å². The Morgan fingerprint density at radius 3 is 2.62 bits per heavy atom. The van der Waals surface area contributed by atoms with Crippen LogP contribution in [0.25, 0.3) is 10.9 Å². The van der Waals surface area contributed by atoms with Gasteiger partial charge in [-0.05, 0) is 62.1 Å². The zero-order chi connectivity index (χ0) is 18.7. The van der Waals surface area contributed by atoms with Crippen LogP contribution in [-0.4, -0.2) is 29.0 Å². The predicted molar refractivity (Wildman–Crippen MR) is 107 cm³/mol. The molecule has 1 amide bonds. The summed E-state index contributed by atoms with van der Waals surface area (Å²) in [6, 6.07) is 8.18. The molecule has 0 radical (unpaired) electrons. The van der Waals surface area contributed by atoms with Crippen LogP contribution in [0, 0.1) is 27.7 Å². The first kappa shape index (κ1) is 18.0. The highest BCUT2D eigenvalue weighted by molar-refractivity contribution is 5.93. The van der Waals surface area contributed by atoms with Crippen molar-refractivity contribution in [1.29, 1.82) is 0 Å². The molecule has 0 spiro atoms. The minimum Gasteiger partial charge on any atom is -0.368 e. The Kier molecular flexibility index (Phi) is 5.26. The third-order valence-electron chi connectivity index (χ3n) is 4.70. The molecule has 2 heterocycles. The van der Waals surface area contributed by atoms with Gasteiger partial charge in [-0.25, -0.2) is 4.98 Å². The van der Waals surface area contributed by atoms with Crippen LogP contribution in [0.1, 0.15) is 27.9 Å². The maximum absolute atomic E-state index is 12.4. The summed E-state index contributed by atoms with van der Waals surface area (Å²) >= 11 is 0. The van der Waals surface area contributed by atoms with Crippen molar-refractivity contribution in [2.45, 2.75) is 34.1 Å². The number of rotatable bonds is 6. The zero-order valence-electron chi connectivity index (χ0n) is 15.9. The van der Waals surface area contributed by atoms with Crippen LogP contribution in [0.5, 0.6) is 0 Å². The van der Waals surface area contributed by atoms with Gasteiger partial charge < -0.3 is 15.6 Å². The third-order valence-corrected chi connectivity index (χ3v) is 4.70. The Hall–Kier alpha value is -2.82. The Balaban J connectivity index is 1.59. The van der Waals surface area contributed by atoms with E-state index in [-0.39, 0.29) is 5.91 Å². The van der Waals surface area contributed by atoms with Gasteiger partial charge in [0, 0.05) is 35.9 Å². The van der Waals surface area contributed by atoms with Gasteiger partial charge in [0.25, 0.3) is 0 Å². The number of carbonyl (C=O) groups is 1. The highest BCUT2D eigenvalue weighted by atomic mass is 16.1. The number of hydrogen-bond donors (Lipinski definition) is 3. The molecule has 5 nitrogen and oxygen atoms in total. The average Bonchev–Trinajstić information content (AvgIpc) is 2.93. The monoisotopic (exact) mass is 350 g/mol. The van der Waals surface area contributed by atoms with Crippen LogP contribution in [-0.2, 0) is 11.2 Å². The van der Waals surface area contributed by atoms with Gasteiger partial charge in [0.05, 0.1) is 6.42 Å². The van der Waals surface area contributed by atoms with Gasteiger partial charge in [0.2, 0.25) is 5.91 Å². The van der Waals surface area contributed by atoms with Crippen molar-refractivity contribution in [2.75, 3.05) is 18.4 Å². The number of anilines is 1. The summed E-state index contributed by atoms with van der Waals surface area (Å²) < 4.78 is 0. The van der Waals surface area contributed by atoms with E-state index in [0.717, 1.165) is 28.2 Å². The molecule has 0 aliphatic rings. The Labute approximate surface area is 154 Å². The summed E-state index contributed by atoms with van der Waals surface area (Å²) in [5.74, 6) is 0.867. The molecule has 136 valence electrons. The largest absolute Gasteiger partial charge is 0.368 e. The fourth-order valence-electron chi connectivity index (χ4n) is 3.28. The molecule has 3 N–H and O–H groups in total. The highest BCUT2D eigenvalue weighted by Crippen LogP contribution is 2.28. The van der Waals surface area contributed by atoms with E-state index in [0.29, 0.717) is 19.5 Å². The highest BCUT2D eigenvalue weighted by Gasteiger charge is 2.15. The van der Waals surface area contributed by atoms with Crippen molar-refractivity contribution in [3.8, 4) is 0 Å². The molecule has 1 aromatic carbocycles. The van der Waals surface area contributed by atoms with Crippen molar-refractivity contribution in [3.63, 3.8) is 0 Å². The lowest BCUT2D eigenvalue weighted by molar-refractivity contribution is -0.120. The van der Waals surface area contributed by atoms with Crippen molar-refractivity contribution in [2.24, 2.45) is 0 Å². The molecule has 2 aromatic heterocycles. The van der Waals surface area contributed by atoms with Crippen LogP contribution >= 0.6 is 0 Å². The molecule has 3 aromatic rings. The maximum atomic E-state index is 12.4. The summed E-state index contributed by atoms with van der Waals surface area (Å²) in [4.78, 5) is 20.1. The number of aromatic nitrogens is 2. The second-order valence-corrected chi connectivity index (χ2v) is 6.85. The van der Waals surface area contributed by atoms with Gasteiger partial charge >= 0.3 is 0 Å². The van der Waals surface area contributed by atoms with Crippen LogP contribution in [0.3, 0.4) is 0 Å². The summed E-state index contributed by atoms with van der Waals surface area (Å²) in [6.45, 7) is 9.46. The van der Waals surface area contributed by atoms with Crippen LogP contribution < -0.4 is 10.6 Å². The first-order valence-electron chi connectivity index (χ1n) is 8.96. The molecule has 0 bridgehead atoms. The number of amides is 1. The number of aryl methyl sites for hydroxylation is 4. The number of H-pyrrole nitrogens is 1. The SMILES string of the molecule is Cc1ccnc(NCCNC(=O)Cc2c(C)[nH]c3c(C)ccc(C)c23)c1. The third kappa shape index (κ3) is 3.87. The minimum atomic E-state index is 0.0360. The van der Waals surface area contributed by atoms with E-state index in [4.69, 9.17) is 0 Å². The Bertz CT molecular complexity index is 943. The molecule has 0 unspecified atom stereocenters. The molecule has 3 rings (SSSR count). The molecule has 0 saturated carbocycles. The number of carbonyl (C=O) groups excluding carboxylic acids is 1. The molecule has 0 atom stereocenters. The van der Waals surface area contributed by atoms with E-state index >= 15 is 0 Å². The number of benzene rings is 1. The summed E-state index contributed by atoms with van der Waals surface area (Å²) in [6.07, 6.45) is 2.17. The van der Waals surface area contributed by atoms with E-state index in [1.165, 1.54) is 16.5 Å². The second kappa shape index (κ2) is 7.60. The molecule has 5 heteroatoms. The molecule has 0 fully saturated rings. The zero-order valence-corrected chi connectivity index (χ0v) is 15.9. The van der Waals surface area contributed by atoms with E-state index in [1.54, 1.807) is 6.20 Å². The van der Waals surface area contributed by atoms with Crippen molar-refractivity contribution in [3.05, 3.63) is 58.4 Å². The van der Waals surface area contributed by atoms with E-state index in [1.807, 2.05) is 26.0 Å². The van der Waals surface area contributed by atoms with Crippen molar-refractivity contribution < 1.29 is 4.79 Å². The lowest BCUT2D eigenvalue weighted by Gasteiger charge is -2.09. The minimum absolute atomic E-state index is 0.0360. The first-order chi connectivity index (χ1) is 12.5. The van der Waals surface area contributed by atoms with E-state index in [9.17, 15) is 4.79 Å². The molecular weight excluding hydrogens is 324 g/mol. The van der Waals surface area contributed by atoms with Gasteiger partial charge in [-0.15, -0.1) is 0 Å². The summed E-state index contributed by atoms with van der Waals surface area (Å²) in [5.41, 5.74) is 6.85. The number of pyridine rings is 1. The Morgan fingerprint density at radius 2 is 1.85 bits per heavy atom. The first-order valence-corrected chi connectivity index (χ1v) is 8.96. The maximum Gasteiger partial charge on any atom is 0.224 e. The lowest BCUT2D eigenvalue weighted by Crippen LogP contribution is -2.30. The van der Waals surface area contributed by atoms with Crippen molar-refractivity contribution in [1.82, 2.24) is 15.3 Å². The number of hydrogen-bond acceptors (Lipinski definition) is 3. The number of nitrogens with one attached hydrogen (secondary N) is 3. The van der Waals surface area contributed by atoms with Gasteiger partial charge in [-0.2, -0.15) is 0 Å². The molecule has 0 saturated heterocycles. The predicted octanol–water partition coefficient (Wildman–Crippen LogP) is 3.57. The Morgan fingerprint density at radius 1 is 1.08 bits per heavy atom. The standard InChI is InChI=1S/C21H26N4O/c1-13-7-8-22-18(11-13)23-9-10-24-19(26)12-17-16(4)25-21-15(3)6-5-14(2)20(17)21/h5-8,11,25H,9-10,12H2,1-4H3,(H,22,23)(H,24,26). The topological polar surface area (TPSA) is 69.8 Å². The van der Waals surface area contributed by atoms with Gasteiger partial charge in [-0.1, -0.05) is 12.1 Å². The second-order valence-electron chi connectivity index (χ2n) is 6.85. The normalized spacial score (nSPS) is 10.9. The smallest absolute Gasteiger partial charge is 0.224 e. The quantitative estimate of drug-likeness (QED) is 0.595. The van der Waals surface area contributed by atoms with Gasteiger partial charge in [0.15, 0.2) is 0 Å². The van der Waals surface area contributed by atoms with Crippen LogP contribution in [0.4, 0.5) is 5.82 Å². The summed E-state index contributed by atoms with van der Waals surface area (Å²) in [7, 11) is 0. The molecule has 0 aliphatic carbocycles. The fourth-order valence-corrected chi connectivity index (χ4v) is 3.28. The molecule has 26 heavy (non-hydrogen) atoms. The average molecular weight is 350 g/mol. The summed E-state index contributed by atoms with van der Waals surface area (Å²) in [5, 5.41) is 7.39. The number of nitrogens with zero attached hydrogens (tertiary/aromatic N) is 1. The van der Waals surface area contributed by atoms with E-state index < -0.39 is 0 Å². The van der Waals surface area contributed by atoms with Crippen molar-refractivity contribution >= 4 is 22.6 Å². The van der Waals surface area contributed by atoms with E-state index in [2.05, 4.69) is 46.6 Å². The van der Waals surface area contributed by atoms with Gasteiger partial charge in [-0.3, -0.25) is 4.79 Å². The fraction of sp³-hybridized carbons (Fsp3) is 0.333. The van der Waals surface area contributed by atoms with Crippen LogP contribution in [0.2, 0.25) is 0 Å². The molecule has 0 aliphatic heterocycles.